The van der Waals surface area contributed by atoms with Gasteiger partial charge in [-0.1, -0.05) is 0 Å². The van der Waals surface area contributed by atoms with Crippen LogP contribution in [0.5, 0.6) is 0 Å². The lowest BCUT2D eigenvalue weighted by molar-refractivity contribution is 1.07. The third kappa shape index (κ3) is 3.42. The van der Waals surface area contributed by atoms with Gasteiger partial charge in [-0.25, -0.2) is 4.98 Å². The standard InChI is InChI=1S/C12H12BrIN2S/c1-7-8(2)17-12(16-7)6-15-9-3-4-10(13)11(14)5-9/h3-5,15H,6H2,1-2H3. The van der Waals surface area contributed by atoms with Gasteiger partial charge in [-0.3, -0.25) is 0 Å². The van der Waals surface area contributed by atoms with Gasteiger partial charge in [0.15, 0.2) is 0 Å². The molecule has 2 rings (SSSR count). The van der Waals surface area contributed by atoms with Crippen molar-refractivity contribution in [3.05, 3.63) is 41.8 Å². The molecule has 0 saturated carbocycles. The summed E-state index contributed by atoms with van der Waals surface area (Å²) in [5.74, 6) is 0. The number of rotatable bonds is 3. The summed E-state index contributed by atoms with van der Waals surface area (Å²) in [6.07, 6.45) is 0. The number of benzene rings is 1. The van der Waals surface area contributed by atoms with E-state index in [1.807, 2.05) is 0 Å². The van der Waals surface area contributed by atoms with Crippen molar-refractivity contribution in [1.29, 1.82) is 0 Å². The fourth-order valence-corrected chi connectivity index (χ4v) is 3.03. The molecule has 0 saturated heterocycles. The zero-order valence-corrected chi connectivity index (χ0v) is 14.1. The number of hydrogen-bond acceptors (Lipinski definition) is 3. The number of nitrogens with zero attached hydrogens (tertiary/aromatic N) is 1. The minimum Gasteiger partial charge on any atom is -0.378 e. The summed E-state index contributed by atoms with van der Waals surface area (Å²) in [4.78, 5) is 5.81. The first-order valence-electron chi connectivity index (χ1n) is 5.18. The van der Waals surface area contributed by atoms with Crippen molar-refractivity contribution in [2.45, 2.75) is 20.4 Å². The molecule has 0 amide bonds. The highest BCUT2D eigenvalue weighted by Gasteiger charge is 2.04. The van der Waals surface area contributed by atoms with Crippen LogP contribution in [0.4, 0.5) is 5.69 Å². The number of anilines is 1. The van der Waals surface area contributed by atoms with Gasteiger partial charge in [-0.15, -0.1) is 11.3 Å². The lowest BCUT2D eigenvalue weighted by Gasteiger charge is -2.05. The van der Waals surface area contributed by atoms with E-state index >= 15 is 0 Å². The molecule has 1 aromatic carbocycles. The largest absolute Gasteiger partial charge is 0.378 e. The Kier molecular flexibility index (Phi) is 4.43. The summed E-state index contributed by atoms with van der Waals surface area (Å²) in [7, 11) is 0. The lowest BCUT2D eigenvalue weighted by Crippen LogP contribution is -1.99. The van der Waals surface area contributed by atoms with E-state index in [1.165, 1.54) is 8.45 Å². The average molecular weight is 423 g/mol. The Balaban J connectivity index is 2.04. The average Bonchev–Trinajstić information content (AvgIpc) is 2.60. The van der Waals surface area contributed by atoms with Gasteiger partial charge in [-0.2, -0.15) is 0 Å². The second-order valence-electron chi connectivity index (χ2n) is 3.73. The number of halogens is 2. The van der Waals surface area contributed by atoms with Gasteiger partial charge < -0.3 is 5.32 Å². The Morgan fingerprint density at radius 2 is 2.18 bits per heavy atom. The maximum atomic E-state index is 4.51. The molecule has 1 N–H and O–H groups in total. The summed E-state index contributed by atoms with van der Waals surface area (Å²) >= 11 is 7.56. The number of aromatic nitrogens is 1. The zero-order chi connectivity index (χ0) is 12.4. The first kappa shape index (κ1) is 13.3. The quantitative estimate of drug-likeness (QED) is 0.722. The molecule has 0 aliphatic heterocycles. The fraction of sp³-hybridized carbons (Fsp3) is 0.250. The van der Waals surface area contributed by atoms with Crippen LogP contribution in [0.1, 0.15) is 15.6 Å². The van der Waals surface area contributed by atoms with Crippen LogP contribution in [-0.4, -0.2) is 4.98 Å². The molecule has 2 nitrogen and oxygen atoms in total. The smallest absolute Gasteiger partial charge is 0.112 e. The van der Waals surface area contributed by atoms with Crippen LogP contribution in [0, 0.1) is 17.4 Å². The van der Waals surface area contributed by atoms with E-state index in [-0.39, 0.29) is 0 Å². The van der Waals surface area contributed by atoms with E-state index < -0.39 is 0 Å². The first-order valence-corrected chi connectivity index (χ1v) is 7.87. The van der Waals surface area contributed by atoms with Crippen molar-refractivity contribution in [2.75, 3.05) is 5.32 Å². The number of aryl methyl sites for hydroxylation is 2. The maximum absolute atomic E-state index is 4.51. The molecule has 1 heterocycles. The summed E-state index contributed by atoms with van der Waals surface area (Å²) in [5, 5.41) is 4.53. The predicted octanol–water partition coefficient (Wildman–Crippen LogP) is 4.74. The Hall–Kier alpha value is -0.140. The van der Waals surface area contributed by atoms with Crippen molar-refractivity contribution in [1.82, 2.24) is 4.98 Å². The molecule has 0 aliphatic rings. The van der Waals surface area contributed by atoms with Crippen LogP contribution in [0.25, 0.3) is 0 Å². The molecule has 0 atom stereocenters. The van der Waals surface area contributed by atoms with Crippen LogP contribution in [0.3, 0.4) is 0 Å². The molecular formula is C12H12BrIN2S. The SMILES string of the molecule is Cc1nc(CNc2ccc(Br)c(I)c2)sc1C. The van der Waals surface area contributed by atoms with Gasteiger partial charge >= 0.3 is 0 Å². The van der Waals surface area contributed by atoms with E-state index in [2.05, 4.69) is 80.9 Å². The molecular weight excluding hydrogens is 411 g/mol. The minimum absolute atomic E-state index is 0.789. The molecule has 2 aromatic rings. The van der Waals surface area contributed by atoms with Crippen molar-refractivity contribution in [2.24, 2.45) is 0 Å². The number of hydrogen-bond donors (Lipinski definition) is 1. The van der Waals surface area contributed by atoms with Crippen molar-refractivity contribution in [3.8, 4) is 0 Å². The second-order valence-corrected chi connectivity index (χ2v) is 7.04. The van der Waals surface area contributed by atoms with Crippen LogP contribution >= 0.6 is 49.9 Å². The van der Waals surface area contributed by atoms with Crippen molar-refractivity contribution < 1.29 is 0 Å². The monoisotopic (exact) mass is 422 g/mol. The topological polar surface area (TPSA) is 24.9 Å². The predicted molar refractivity (Wildman–Crippen MR) is 85.8 cm³/mol. The first-order chi connectivity index (χ1) is 8.06. The van der Waals surface area contributed by atoms with Crippen molar-refractivity contribution >= 4 is 55.5 Å². The van der Waals surface area contributed by atoms with Gasteiger partial charge in [0.1, 0.15) is 5.01 Å². The van der Waals surface area contributed by atoms with Crippen LogP contribution in [0.15, 0.2) is 22.7 Å². The van der Waals surface area contributed by atoms with E-state index in [0.29, 0.717) is 0 Å². The molecule has 1 aromatic heterocycles. The lowest BCUT2D eigenvalue weighted by atomic mass is 10.3. The van der Waals surface area contributed by atoms with Gasteiger partial charge in [0.2, 0.25) is 0 Å². The Labute approximate surface area is 127 Å². The van der Waals surface area contributed by atoms with Crippen LogP contribution in [0.2, 0.25) is 0 Å². The Morgan fingerprint density at radius 3 is 2.76 bits per heavy atom. The summed E-state index contributed by atoms with van der Waals surface area (Å²) < 4.78 is 2.34. The highest BCUT2D eigenvalue weighted by molar-refractivity contribution is 14.1. The summed E-state index contributed by atoms with van der Waals surface area (Å²) in [5.41, 5.74) is 2.26. The van der Waals surface area contributed by atoms with Gasteiger partial charge in [0, 0.05) is 18.6 Å². The molecule has 0 radical (unpaired) electrons. The van der Waals surface area contributed by atoms with Crippen LogP contribution < -0.4 is 5.32 Å². The van der Waals surface area contributed by atoms with Gasteiger partial charge in [0.05, 0.1) is 12.2 Å². The Morgan fingerprint density at radius 1 is 1.41 bits per heavy atom. The Bertz CT molecular complexity index is 520. The van der Waals surface area contributed by atoms with Gasteiger partial charge in [0.25, 0.3) is 0 Å². The molecule has 0 unspecified atom stereocenters. The molecule has 0 aliphatic carbocycles. The van der Waals surface area contributed by atoms with Gasteiger partial charge in [-0.05, 0) is 70.6 Å². The fourth-order valence-electron chi connectivity index (χ4n) is 1.40. The van der Waals surface area contributed by atoms with E-state index in [4.69, 9.17) is 0 Å². The van der Waals surface area contributed by atoms with E-state index in [9.17, 15) is 0 Å². The van der Waals surface area contributed by atoms with Crippen LogP contribution in [-0.2, 0) is 6.54 Å². The van der Waals surface area contributed by atoms with Crippen molar-refractivity contribution in [3.63, 3.8) is 0 Å². The highest BCUT2D eigenvalue weighted by Crippen LogP contribution is 2.23. The molecule has 0 bridgehead atoms. The molecule has 5 heteroatoms. The summed E-state index contributed by atoms with van der Waals surface area (Å²) in [6, 6.07) is 6.25. The maximum Gasteiger partial charge on any atom is 0.112 e. The third-order valence-electron chi connectivity index (χ3n) is 2.44. The molecule has 0 fully saturated rings. The molecule has 17 heavy (non-hydrogen) atoms. The highest BCUT2D eigenvalue weighted by atomic mass is 127. The normalized spacial score (nSPS) is 10.6. The van der Waals surface area contributed by atoms with E-state index in [1.54, 1.807) is 11.3 Å². The minimum atomic E-state index is 0.789. The second kappa shape index (κ2) is 5.67. The number of nitrogens with one attached hydrogen (secondary N) is 1. The summed E-state index contributed by atoms with van der Waals surface area (Å²) in [6.45, 7) is 4.95. The number of thiazole rings is 1. The third-order valence-corrected chi connectivity index (χ3v) is 5.83. The van der Waals surface area contributed by atoms with E-state index in [0.717, 1.165) is 27.4 Å². The molecule has 0 spiro atoms. The zero-order valence-electron chi connectivity index (χ0n) is 9.55. The molecule has 90 valence electrons.